The summed E-state index contributed by atoms with van der Waals surface area (Å²) in [5.74, 6) is 1.66. The first kappa shape index (κ1) is 13.4. The molecule has 2 aromatic rings. The summed E-state index contributed by atoms with van der Waals surface area (Å²) in [7, 11) is 3.90. The molecule has 0 aromatic carbocycles. The molecule has 0 amide bonds. The van der Waals surface area contributed by atoms with Crippen molar-refractivity contribution >= 4 is 29.2 Å². The van der Waals surface area contributed by atoms with Crippen LogP contribution in [0.4, 0.5) is 17.6 Å². The van der Waals surface area contributed by atoms with Gasteiger partial charge in [0.05, 0.1) is 0 Å². The van der Waals surface area contributed by atoms with Crippen LogP contribution in [0.1, 0.15) is 5.56 Å². The number of aromatic nitrogens is 3. The minimum Gasteiger partial charge on any atom is -0.368 e. The van der Waals surface area contributed by atoms with Crippen LogP contribution >= 0.6 is 11.6 Å². The zero-order valence-electron chi connectivity index (χ0n) is 10.8. The summed E-state index contributed by atoms with van der Waals surface area (Å²) in [5.41, 5.74) is 6.56. The Hall–Kier alpha value is -2.08. The van der Waals surface area contributed by atoms with Crippen molar-refractivity contribution in [1.29, 1.82) is 0 Å². The summed E-state index contributed by atoms with van der Waals surface area (Å²) >= 11 is 5.80. The van der Waals surface area contributed by atoms with Crippen molar-refractivity contribution in [2.75, 3.05) is 30.0 Å². The van der Waals surface area contributed by atoms with E-state index in [4.69, 9.17) is 17.3 Å². The predicted molar refractivity (Wildman–Crippen MR) is 77.3 cm³/mol. The molecule has 0 spiro atoms. The van der Waals surface area contributed by atoms with Crippen LogP contribution in [-0.4, -0.2) is 29.0 Å². The highest BCUT2D eigenvalue weighted by atomic mass is 35.5. The SMILES string of the molecule is CN(C)c1ccc(CNc2cc(Cl)nc(N)n2)cn1. The second kappa shape index (κ2) is 5.71. The van der Waals surface area contributed by atoms with E-state index >= 15 is 0 Å². The quantitative estimate of drug-likeness (QED) is 0.830. The zero-order chi connectivity index (χ0) is 13.8. The topological polar surface area (TPSA) is 80.0 Å². The number of halogens is 1. The Bertz CT molecular complexity index is 534. The molecule has 3 N–H and O–H groups in total. The molecular formula is C12H15ClN6. The predicted octanol–water partition coefficient (Wildman–Crippen LogP) is 1.79. The fourth-order valence-electron chi connectivity index (χ4n) is 1.50. The minimum absolute atomic E-state index is 0.149. The second-order valence-electron chi connectivity index (χ2n) is 4.21. The Morgan fingerprint density at radius 3 is 2.68 bits per heavy atom. The standard InChI is InChI=1S/C12H15ClN6/c1-19(2)11-4-3-8(7-16-11)6-15-10-5-9(13)17-12(14)18-10/h3-5,7H,6H2,1-2H3,(H3,14,15,17,18). The van der Waals surface area contributed by atoms with E-state index in [0.717, 1.165) is 11.4 Å². The first-order valence-electron chi connectivity index (χ1n) is 5.71. The van der Waals surface area contributed by atoms with Gasteiger partial charge in [-0.15, -0.1) is 0 Å². The number of anilines is 3. The van der Waals surface area contributed by atoms with E-state index < -0.39 is 0 Å². The Kier molecular flexibility index (Phi) is 4.01. The van der Waals surface area contributed by atoms with E-state index in [1.165, 1.54) is 0 Å². The molecule has 2 rings (SSSR count). The number of nitrogen functional groups attached to an aromatic ring is 1. The molecule has 0 unspecified atom stereocenters. The van der Waals surface area contributed by atoms with Crippen LogP contribution in [0.5, 0.6) is 0 Å². The molecule has 0 aliphatic rings. The van der Waals surface area contributed by atoms with Crippen molar-refractivity contribution < 1.29 is 0 Å². The van der Waals surface area contributed by atoms with Crippen LogP contribution in [0, 0.1) is 0 Å². The van der Waals surface area contributed by atoms with Crippen molar-refractivity contribution in [3.63, 3.8) is 0 Å². The number of nitrogens with two attached hydrogens (primary N) is 1. The normalized spacial score (nSPS) is 10.3. The first-order valence-corrected chi connectivity index (χ1v) is 6.08. The molecule has 0 fully saturated rings. The van der Waals surface area contributed by atoms with Gasteiger partial charge in [-0.05, 0) is 11.6 Å². The average molecular weight is 279 g/mol. The van der Waals surface area contributed by atoms with E-state index in [2.05, 4.69) is 20.3 Å². The van der Waals surface area contributed by atoms with E-state index in [1.54, 1.807) is 6.07 Å². The fourth-order valence-corrected chi connectivity index (χ4v) is 1.69. The Morgan fingerprint density at radius 2 is 2.11 bits per heavy atom. The molecule has 100 valence electrons. The van der Waals surface area contributed by atoms with Crippen LogP contribution in [0.3, 0.4) is 0 Å². The highest BCUT2D eigenvalue weighted by Gasteiger charge is 2.01. The smallest absolute Gasteiger partial charge is 0.223 e. The van der Waals surface area contributed by atoms with Gasteiger partial charge in [-0.3, -0.25) is 0 Å². The molecule has 0 radical (unpaired) electrons. The van der Waals surface area contributed by atoms with Gasteiger partial charge in [0.2, 0.25) is 5.95 Å². The number of nitrogens with zero attached hydrogens (tertiary/aromatic N) is 4. The summed E-state index contributed by atoms with van der Waals surface area (Å²) in [6.07, 6.45) is 1.81. The molecule has 6 nitrogen and oxygen atoms in total. The van der Waals surface area contributed by atoms with E-state index in [9.17, 15) is 0 Å². The molecular weight excluding hydrogens is 264 g/mol. The van der Waals surface area contributed by atoms with Crippen LogP contribution in [0.25, 0.3) is 0 Å². The van der Waals surface area contributed by atoms with Crippen LogP contribution in [0.2, 0.25) is 5.15 Å². The van der Waals surface area contributed by atoms with Gasteiger partial charge >= 0.3 is 0 Å². The van der Waals surface area contributed by atoms with Gasteiger partial charge in [0, 0.05) is 32.9 Å². The molecule has 19 heavy (non-hydrogen) atoms. The third-order valence-electron chi connectivity index (χ3n) is 2.45. The lowest BCUT2D eigenvalue weighted by atomic mass is 10.3. The van der Waals surface area contributed by atoms with Gasteiger partial charge in [0.1, 0.15) is 16.8 Å². The lowest BCUT2D eigenvalue weighted by Gasteiger charge is -2.11. The fraction of sp³-hybridized carbons (Fsp3) is 0.250. The monoisotopic (exact) mass is 278 g/mol. The van der Waals surface area contributed by atoms with Crippen LogP contribution < -0.4 is 16.0 Å². The molecule has 0 saturated carbocycles. The Morgan fingerprint density at radius 1 is 1.32 bits per heavy atom. The van der Waals surface area contributed by atoms with E-state index in [0.29, 0.717) is 17.5 Å². The van der Waals surface area contributed by atoms with Gasteiger partial charge in [-0.2, -0.15) is 4.98 Å². The Labute approximate surface area is 116 Å². The lowest BCUT2D eigenvalue weighted by Crippen LogP contribution is -2.11. The highest BCUT2D eigenvalue weighted by Crippen LogP contribution is 2.14. The summed E-state index contributed by atoms with van der Waals surface area (Å²) < 4.78 is 0. The Balaban J connectivity index is 2.02. The van der Waals surface area contributed by atoms with Gasteiger partial charge in [-0.25, -0.2) is 9.97 Å². The van der Waals surface area contributed by atoms with Crippen molar-refractivity contribution in [2.24, 2.45) is 0 Å². The van der Waals surface area contributed by atoms with Gasteiger partial charge in [0.25, 0.3) is 0 Å². The number of hydrogen-bond donors (Lipinski definition) is 2. The molecule has 0 bridgehead atoms. The third kappa shape index (κ3) is 3.69. The maximum atomic E-state index is 5.80. The summed E-state index contributed by atoms with van der Waals surface area (Å²) in [4.78, 5) is 14.1. The van der Waals surface area contributed by atoms with E-state index in [1.807, 2.05) is 37.3 Å². The number of pyridine rings is 1. The van der Waals surface area contributed by atoms with Crippen molar-refractivity contribution in [3.05, 3.63) is 35.1 Å². The zero-order valence-corrected chi connectivity index (χ0v) is 11.5. The first-order chi connectivity index (χ1) is 9.04. The third-order valence-corrected chi connectivity index (χ3v) is 2.65. The van der Waals surface area contributed by atoms with Crippen LogP contribution in [0.15, 0.2) is 24.4 Å². The molecule has 0 atom stereocenters. The molecule has 0 saturated heterocycles. The van der Waals surface area contributed by atoms with Gasteiger partial charge < -0.3 is 16.0 Å². The summed E-state index contributed by atoms with van der Waals surface area (Å²) in [6, 6.07) is 5.58. The number of hydrogen-bond acceptors (Lipinski definition) is 6. The molecule has 2 heterocycles. The molecule has 7 heteroatoms. The largest absolute Gasteiger partial charge is 0.368 e. The van der Waals surface area contributed by atoms with Crippen molar-refractivity contribution in [1.82, 2.24) is 15.0 Å². The van der Waals surface area contributed by atoms with Crippen molar-refractivity contribution in [3.8, 4) is 0 Å². The van der Waals surface area contributed by atoms with Crippen LogP contribution in [-0.2, 0) is 6.54 Å². The molecule has 0 aliphatic carbocycles. The van der Waals surface area contributed by atoms with Gasteiger partial charge in [0.15, 0.2) is 0 Å². The number of rotatable bonds is 4. The molecule has 2 aromatic heterocycles. The number of nitrogens with one attached hydrogen (secondary N) is 1. The average Bonchev–Trinajstić information content (AvgIpc) is 2.36. The summed E-state index contributed by atoms with van der Waals surface area (Å²) in [6.45, 7) is 0.591. The lowest BCUT2D eigenvalue weighted by molar-refractivity contribution is 1.03. The minimum atomic E-state index is 0.149. The maximum Gasteiger partial charge on any atom is 0.223 e. The van der Waals surface area contributed by atoms with Crippen molar-refractivity contribution in [2.45, 2.75) is 6.54 Å². The van der Waals surface area contributed by atoms with E-state index in [-0.39, 0.29) is 5.95 Å². The highest BCUT2D eigenvalue weighted by molar-refractivity contribution is 6.29. The van der Waals surface area contributed by atoms with Gasteiger partial charge in [-0.1, -0.05) is 17.7 Å². The summed E-state index contributed by atoms with van der Waals surface area (Å²) in [5, 5.41) is 3.44. The molecule has 0 aliphatic heterocycles. The maximum absolute atomic E-state index is 5.80. The second-order valence-corrected chi connectivity index (χ2v) is 4.59.